The van der Waals surface area contributed by atoms with Gasteiger partial charge in [0.05, 0.1) is 6.33 Å². The number of nitrogens with one attached hydrogen (secondary N) is 1. The summed E-state index contributed by atoms with van der Waals surface area (Å²) in [6.07, 6.45) is 14.6. The summed E-state index contributed by atoms with van der Waals surface area (Å²) in [6.45, 7) is 1.82. The van der Waals surface area contributed by atoms with Crippen molar-refractivity contribution in [1.29, 1.82) is 0 Å². The molecule has 1 aromatic rings. The zero-order chi connectivity index (χ0) is 14.9. The Labute approximate surface area is 132 Å². The number of carbonyl (C=O) groups is 1. The molecule has 4 aliphatic rings. The highest BCUT2D eigenvalue weighted by atomic mass is 16.1. The summed E-state index contributed by atoms with van der Waals surface area (Å²) in [5, 5.41) is 3.23. The molecule has 120 valence electrons. The SMILES string of the molecule is O=C(NCCCCn1ccnc1)C1C2CC3CC(C2)CC1C3. The van der Waals surface area contributed by atoms with E-state index in [1.165, 1.54) is 32.1 Å². The van der Waals surface area contributed by atoms with Crippen LogP contribution in [0.1, 0.15) is 44.9 Å². The maximum Gasteiger partial charge on any atom is 0.223 e. The summed E-state index contributed by atoms with van der Waals surface area (Å²) in [5.41, 5.74) is 0. The fourth-order valence-electron chi connectivity index (χ4n) is 5.52. The molecule has 4 heteroatoms. The number of carbonyl (C=O) groups excluding carboxylic acids is 1. The highest BCUT2D eigenvalue weighted by Crippen LogP contribution is 2.56. The van der Waals surface area contributed by atoms with E-state index in [0.29, 0.717) is 23.7 Å². The zero-order valence-electron chi connectivity index (χ0n) is 13.3. The highest BCUT2D eigenvalue weighted by molar-refractivity contribution is 5.79. The minimum absolute atomic E-state index is 0.335. The van der Waals surface area contributed by atoms with Crippen LogP contribution in [0.3, 0.4) is 0 Å². The van der Waals surface area contributed by atoms with Crippen LogP contribution in [0.2, 0.25) is 0 Å². The van der Waals surface area contributed by atoms with Gasteiger partial charge in [-0.2, -0.15) is 0 Å². The fraction of sp³-hybridized carbons (Fsp3) is 0.778. The minimum atomic E-state index is 0.335. The van der Waals surface area contributed by atoms with Gasteiger partial charge in [-0.15, -0.1) is 0 Å². The van der Waals surface area contributed by atoms with Crippen molar-refractivity contribution in [3.8, 4) is 0 Å². The molecule has 1 heterocycles. The average molecular weight is 301 g/mol. The van der Waals surface area contributed by atoms with E-state index in [2.05, 4.69) is 14.9 Å². The monoisotopic (exact) mass is 301 g/mol. The number of rotatable bonds is 6. The first kappa shape index (κ1) is 14.3. The van der Waals surface area contributed by atoms with Crippen molar-refractivity contribution >= 4 is 5.91 Å². The Morgan fingerprint density at radius 1 is 1.09 bits per heavy atom. The molecular formula is C18H27N3O. The molecule has 0 atom stereocenters. The number of imidazole rings is 1. The summed E-state index contributed by atoms with van der Waals surface area (Å²) < 4.78 is 2.10. The van der Waals surface area contributed by atoms with Crippen LogP contribution in [0.4, 0.5) is 0 Å². The average Bonchev–Trinajstić information content (AvgIpc) is 2.99. The second-order valence-corrected chi connectivity index (χ2v) is 7.76. The normalized spacial score (nSPS) is 35.7. The Morgan fingerprint density at radius 2 is 1.82 bits per heavy atom. The van der Waals surface area contributed by atoms with Crippen LogP contribution in [0.25, 0.3) is 0 Å². The lowest BCUT2D eigenvalue weighted by atomic mass is 9.51. The first-order valence-electron chi connectivity index (χ1n) is 9.03. The summed E-state index contributed by atoms with van der Waals surface area (Å²) in [5.74, 6) is 3.98. The van der Waals surface area contributed by atoms with Crippen molar-refractivity contribution in [2.24, 2.45) is 29.6 Å². The molecule has 0 spiro atoms. The van der Waals surface area contributed by atoms with Crippen LogP contribution in [0, 0.1) is 29.6 Å². The summed E-state index contributed by atoms with van der Waals surface area (Å²) in [4.78, 5) is 16.6. The number of aryl methyl sites for hydroxylation is 1. The second-order valence-electron chi connectivity index (χ2n) is 7.76. The van der Waals surface area contributed by atoms with E-state index in [1.807, 2.05) is 18.7 Å². The molecule has 4 bridgehead atoms. The summed E-state index contributed by atoms with van der Waals surface area (Å²) >= 11 is 0. The first-order valence-corrected chi connectivity index (χ1v) is 9.03. The van der Waals surface area contributed by atoms with E-state index in [0.717, 1.165) is 37.8 Å². The van der Waals surface area contributed by atoms with E-state index in [-0.39, 0.29) is 0 Å². The predicted molar refractivity (Wildman–Crippen MR) is 85.0 cm³/mol. The molecule has 0 radical (unpaired) electrons. The molecule has 1 aromatic heterocycles. The third-order valence-electron chi connectivity index (χ3n) is 6.23. The van der Waals surface area contributed by atoms with Crippen molar-refractivity contribution < 1.29 is 4.79 Å². The second kappa shape index (κ2) is 6.05. The fourth-order valence-corrected chi connectivity index (χ4v) is 5.52. The van der Waals surface area contributed by atoms with E-state index in [4.69, 9.17) is 0 Å². The van der Waals surface area contributed by atoms with Crippen LogP contribution in [-0.4, -0.2) is 22.0 Å². The van der Waals surface area contributed by atoms with E-state index in [1.54, 1.807) is 0 Å². The molecule has 0 saturated heterocycles. The minimum Gasteiger partial charge on any atom is -0.356 e. The molecule has 4 fully saturated rings. The van der Waals surface area contributed by atoms with E-state index >= 15 is 0 Å². The molecule has 0 aromatic carbocycles. The van der Waals surface area contributed by atoms with Crippen molar-refractivity contribution in [3.05, 3.63) is 18.7 Å². The van der Waals surface area contributed by atoms with Gasteiger partial charge in [0.1, 0.15) is 0 Å². The molecule has 0 unspecified atom stereocenters. The van der Waals surface area contributed by atoms with Crippen LogP contribution < -0.4 is 5.32 Å². The van der Waals surface area contributed by atoms with Gasteiger partial charge < -0.3 is 9.88 Å². The number of aromatic nitrogens is 2. The number of hydrogen-bond donors (Lipinski definition) is 1. The van der Waals surface area contributed by atoms with Gasteiger partial charge in [-0.3, -0.25) is 4.79 Å². The third-order valence-corrected chi connectivity index (χ3v) is 6.23. The van der Waals surface area contributed by atoms with Crippen molar-refractivity contribution in [1.82, 2.24) is 14.9 Å². The lowest BCUT2D eigenvalue weighted by Crippen LogP contribution is -2.51. The number of nitrogens with zero attached hydrogens (tertiary/aromatic N) is 2. The van der Waals surface area contributed by atoms with Gasteiger partial charge in [0.2, 0.25) is 5.91 Å². The van der Waals surface area contributed by atoms with Gasteiger partial charge in [-0.1, -0.05) is 0 Å². The smallest absolute Gasteiger partial charge is 0.223 e. The Bertz CT molecular complexity index is 482. The Kier molecular flexibility index (Phi) is 3.93. The molecule has 0 aliphatic heterocycles. The topological polar surface area (TPSA) is 46.9 Å². The van der Waals surface area contributed by atoms with E-state index < -0.39 is 0 Å². The Hall–Kier alpha value is -1.32. The van der Waals surface area contributed by atoms with Crippen LogP contribution in [0.15, 0.2) is 18.7 Å². The standard InChI is InChI=1S/C18H27N3O/c22-18(20-3-1-2-5-21-6-4-19-12-21)17-15-8-13-7-14(10-15)11-16(17)9-13/h4,6,12-17H,1-3,5,7-11H2,(H,20,22). The number of hydrogen-bond acceptors (Lipinski definition) is 2. The van der Waals surface area contributed by atoms with Gasteiger partial charge in [-0.25, -0.2) is 4.98 Å². The lowest BCUT2D eigenvalue weighted by Gasteiger charge is -2.53. The molecule has 4 aliphatic carbocycles. The van der Waals surface area contributed by atoms with Crippen LogP contribution >= 0.6 is 0 Å². The molecular weight excluding hydrogens is 274 g/mol. The number of amides is 1. The Morgan fingerprint density at radius 3 is 2.45 bits per heavy atom. The number of unbranched alkanes of at least 4 members (excludes halogenated alkanes) is 1. The van der Waals surface area contributed by atoms with Crippen LogP contribution in [-0.2, 0) is 11.3 Å². The van der Waals surface area contributed by atoms with Gasteiger partial charge >= 0.3 is 0 Å². The highest BCUT2D eigenvalue weighted by Gasteiger charge is 2.50. The van der Waals surface area contributed by atoms with Crippen molar-refractivity contribution in [2.45, 2.75) is 51.5 Å². The van der Waals surface area contributed by atoms with Crippen molar-refractivity contribution in [3.63, 3.8) is 0 Å². The molecule has 22 heavy (non-hydrogen) atoms. The van der Waals surface area contributed by atoms with Crippen molar-refractivity contribution in [2.75, 3.05) is 6.54 Å². The lowest BCUT2D eigenvalue weighted by molar-refractivity contribution is -0.138. The summed E-state index contributed by atoms with van der Waals surface area (Å²) in [7, 11) is 0. The molecule has 1 amide bonds. The molecule has 5 rings (SSSR count). The Balaban J connectivity index is 1.21. The third kappa shape index (κ3) is 2.80. The van der Waals surface area contributed by atoms with Gasteiger partial charge in [-0.05, 0) is 68.6 Å². The maximum atomic E-state index is 12.6. The largest absolute Gasteiger partial charge is 0.356 e. The molecule has 4 nitrogen and oxygen atoms in total. The maximum absolute atomic E-state index is 12.6. The van der Waals surface area contributed by atoms with E-state index in [9.17, 15) is 4.79 Å². The quantitative estimate of drug-likeness (QED) is 0.821. The van der Waals surface area contributed by atoms with Crippen LogP contribution in [0.5, 0.6) is 0 Å². The summed E-state index contributed by atoms with van der Waals surface area (Å²) in [6, 6.07) is 0. The molecule has 4 saturated carbocycles. The van der Waals surface area contributed by atoms with Gasteiger partial charge in [0.25, 0.3) is 0 Å². The predicted octanol–water partition coefficient (Wildman–Crippen LogP) is 2.85. The van der Waals surface area contributed by atoms with Gasteiger partial charge in [0, 0.05) is 31.4 Å². The molecule has 1 N–H and O–H groups in total. The first-order chi connectivity index (χ1) is 10.8. The zero-order valence-corrected chi connectivity index (χ0v) is 13.3. The van der Waals surface area contributed by atoms with Gasteiger partial charge in [0.15, 0.2) is 0 Å².